The summed E-state index contributed by atoms with van der Waals surface area (Å²) >= 11 is 5.85. The molecular formula is C17H15ClN6O. The number of hydrazone groups is 1. The number of halogens is 1. The van der Waals surface area contributed by atoms with Crippen LogP contribution in [0.5, 0.6) is 0 Å². The molecule has 0 radical (unpaired) electrons. The molecule has 0 aliphatic carbocycles. The summed E-state index contributed by atoms with van der Waals surface area (Å²) < 4.78 is 0. The van der Waals surface area contributed by atoms with Crippen LogP contribution in [0.25, 0.3) is 11.4 Å². The first-order chi connectivity index (χ1) is 12.1. The summed E-state index contributed by atoms with van der Waals surface area (Å²) in [6.45, 7) is 1.72. The lowest BCUT2D eigenvalue weighted by Crippen LogP contribution is -2.25. The van der Waals surface area contributed by atoms with Crippen LogP contribution in [0.3, 0.4) is 0 Å². The normalized spacial score (nSPS) is 11.4. The third-order valence-corrected chi connectivity index (χ3v) is 3.63. The van der Waals surface area contributed by atoms with E-state index in [0.29, 0.717) is 16.6 Å². The molecule has 0 saturated carbocycles. The topological polar surface area (TPSA) is 85.1 Å². The minimum absolute atomic E-state index is 0.0722. The lowest BCUT2D eigenvalue weighted by molar-refractivity contribution is -0.122. The number of benzene rings is 2. The minimum atomic E-state index is -0.342. The molecule has 1 heterocycles. The van der Waals surface area contributed by atoms with E-state index in [1.165, 1.54) is 4.80 Å². The Labute approximate surface area is 149 Å². The van der Waals surface area contributed by atoms with Crippen molar-refractivity contribution in [2.24, 2.45) is 5.10 Å². The van der Waals surface area contributed by atoms with Crippen LogP contribution in [0.2, 0.25) is 5.02 Å². The molecule has 1 aromatic heterocycles. The Kier molecular flexibility index (Phi) is 5.15. The largest absolute Gasteiger partial charge is 0.271 e. The third-order valence-electron chi connectivity index (χ3n) is 3.38. The third kappa shape index (κ3) is 4.48. The average molecular weight is 355 g/mol. The van der Waals surface area contributed by atoms with E-state index in [9.17, 15) is 4.79 Å². The second-order valence-electron chi connectivity index (χ2n) is 5.25. The van der Waals surface area contributed by atoms with E-state index in [1.807, 2.05) is 42.5 Å². The highest BCUT2D eigenvalue weighted by Gasteiger charge is 2.09. The van der Waals surface area contributed by atoms with Crippen molar-refractivity contribution in [1.82, 2.24) is 25.6 Å². The molecule has 0 fully saturated rings. The fourth-order valence-electron chi connectivity index (χ4n) is 2.08. The fourth-order valence-corrected chi connectivity index (χ4v) is 2.20. The molecule has 1 amide bonds. The molecule has 126 valence electrons. The second-order valence-corrected chi connectivity index (χ2v) is 5.68. The number of nitrogens with one attached hydrogen (secondary N) is 1. The monoisotopic (exact) mass is 354 g/mol. The van der Waals surface area contributed by atoms with Crippen molar-refractivity contribution < 1.29 is 4.79 Å². The number of aromatic nitrogens is 4. The van der Waals surface area contributed by atoms with E-state index in [2.05, 4.69) is 25.9 Å². The predicted molar refractivity (Wildman–Crippen MR) is 95.1 cm³/mol. The van der Waals surface area contributed by atoms with Crippen LogP contribution in [0.1, 0.15) is 12.5 Å². The maximum atomic E-state index is 12.0. The molecule has 0 unspecified atom stereocenters. The second kappa shape index (κ2) is 7.67. The van der Waals surface area contributed by atoms with E-state index in [1.54, 1.807) is 19.1 Å². The SMILES string of the molecule is CC(=NNC(=O)Cn1nnc(-c2ccccc2)n1)c1ccc(Cl)cc1. The average Bonchev–Trinajstić information content (AvgIpc) is 3.09. The lowest BCUT2D eigenvalue weighted by Gasteiger charge is -2.02. The van der Waals surface area contributed by atoms with Crippen molar-refractivity contribution in [1.29, 1.82) is 0 Å². The molecule has 0 aliphatic rings. The van der Waals surface area contributed by atoms with Gasteiger partial charge in [0.15, 0.2) is 0 Å². The van der Waals surface area contributed by atoms with E-state index in [0.717, 1.165) is 11.1 Å². The molecular weight excluding hydrogens is 340 g/mol. The molecule has 0 spiro atoms. The summed E-state index contributed by atoms with van der Waals surface area (Å²) in [7, 11) is 0. The zero-order chi connectivity index (χ0) is 17.6. The van der Waals surface area contributed by atoms with Gasteiger partial charge in [-0.25, -0.2) is 5.43 Å². The Bertz CT molecular complexity index is 889. The van der Waals surface area contributed by atoms with Gasteiger partial charge in [0, 0.05) is 10.6 Å². The van der Waals surface area contributed by atoms with Crippen molar-refractivity contribution >= 4 is 23.2 Å². The molecule has 0 aliphatic heterocycles. The highest BCUT2D eigenvalue weighted by atomic mass is 35.5. The Hall–Kier alpha value is -3.06. The number of amides is 1. The van der Waals surface area contributed by atoms with Gasteiger partial charge in [-0.1, -0.05) is 54.1 Å². The van der Waals surface area contributed by atoms with Crippen molar-refractivity contribution in [3.63, 3.8) is 0 Å². The number of rotatable bonds is 5. The molecule has 1 N–H and O–H groups in total. The van der Waals surface area contributed by atoms with Crippen molar-refractivity contribution in [3.8, 4) is 11.4 Å². The maximum absolute atomic E-state index is 12.0. The summed E-state index contributed by atoms with van der Waals surface area (Å²) in [6.07, 6.45) is 0. The zero-order valence-corrected chi connectivity index (χ0v) is 14.2. The summed E-state index contributed by atoms with van der Waals surface area (Å²) in [5.41, 5.74) is 4.86. The quantitative estimate of drug-likeness (QED) is 0.563. The highest BCUT2D eigenvalue weighted by molar-refractivity contribution is 6.30. The predicted octanol–water partition coefficient (Wildman–Crippen LogP) is 2.53. The van der Waals surface area contributed by atoms with Crippen LogP contribution in [-0.4, -0.2) is 31.8 Å². The van der Waals surface area contributed by atoms with E-state index in [4.69, 9.17) is 11.6 Å². The van der Waals surface area contributed by atoms with Gasteiger partial charge >= 0.3 is 0 Å². The lowest BCUT2D eigenvalue weighted by atomic mass is 10.1. The summed E-state index contributed by atoms with van der Waals surface area (Å²) in [5.74, 6) is 0.125. The van der Waals surface area contributed by atoms with Crippen LogP contribution < -0.4 is 5.43 Å². The van der Waals surface area contributed by atoms with Gasteiger partial charge in [-0.05, 0) is 29.8 Å². The molecule has 7 nitrogen and oxygen atoms in total. The van der Waals surface area contributed by atoms with E-state index >= 15 is 0 Å². The number of hydrogen-bond acceptors (Lipinski definition) is 5. The number of hydrogen-bond donors (Lipinski definition) is 1. The molecule has 0 atom stereocenters. The fraction of sp³-hybridized carbons (Fsp3) is 0.118. The standard InChI is InChI=1S/C17H15ClN6O/c1-12(13-7-9-15(18)10-8-13)19-20-16(25)11-24-22-17(21-23-24)14-5-3-2-4-6-14/h2-10H,11H2,1H3,(H,20,25). The van der Waals surface area contributed by atoms with Gasteiger partial charge in [0.2, 0.25) is 5.82 Å². The first-order valence-electron chi connectivity index (χ1n) is 7.54. The molecule has 0 saturated heterocycles. The highest BCUT2D eigenvalue weighted by Crippen LogP contribution is 2.12. The molecule has 8 heteroatoms. The minimum Gasteiger partial charge on any atom is -0.271 e. The van der Waals surface area contributed by atoms with Crippen LogP contribution in [-0.2, 0) is 11.3 Å². The number of nitrogens with zero attached hydrogens (tertiary/aromatic N) is 5. The summed E-state index contributed by atoms with van der Waals surface area (Å²) in [6, 6.07) is 16.6. The van der Waals surface area contributed by atoms with Gasteiger partial charge in [-0.3, -0.25) is 4.79 Å². The van der Waals surface area contributed by atoms with Crippen LogP contribution in [0.4, 0.5) is 0 Å². The maximum Gasteiger partial charge on any atom is 0.263 e. The Morgan fingerprint density at radius 1 is 1.16 bits per heavy atom. The first kappa shape index (κ1) is 16.8. The van der Waals surface area contributed by atoms with Crippen molar-refractivity contribution in [3.05, 3.63) is 65.2 Å². The summed E-state index contributed by atoms with van der Waals surface area (Å²) in [4.78, 5) is 13.2. The molecule has 3 rings (SSSR count). The van der Waals surface area contributed by atoms with Gasteiger partial charge in [-0.2, -0.15) is 9.90 Å². The number of carbonyl (C=O) groups is 1. The molecule has 25 heavy (non-hydrogen) atoms. The molecule has 2 aromatic carbocycles. The smallest absolute Gasteiger partial charge is 0.263 e. The number of tetrazole rings is 1. The Morgan fingerprint density at radius 2 is 1.88 bits per heavy atom. The van der Waals surface area contributed by atoms with Crippen LogP contribution in [0.15, 0.2) is 59.7 Å². The first-order valence-corrected chi connectivity index (χ1v) is 7.92. The van der Waals surface area contributed by atoms with Gasteiger partial charge < -0.3 is 0 Å². The zero-order valence-electron chi connectivity index (χ0n) is 13.4. The van der Waals surface area contributed by atoms with E-state index in [-0.39, 0.29) is 12.5 Å². The Balaban J connectivity index is 1.60. The van der Waals surface area contributed by atoms with Crippen molar-refractivity contribution in [2.45, 2.75) is 13.5 Å². The van der Waals surface area contributed by atoms with E-state index < -0.39 is 0 Å². The summed E-state index contributed by atoms with van der Waals surface area (Å²) in [5, 5.41) is 16.7. The molecule has 3 aromatic rings. The van der Waals surface area contributed by atoms with Gasteiger partial charge in [0.05, 0.1) is 5.71 Å². The van der Waals surface area contributed by atoms with Crippen LogP contribution >= 0.6 is 11.6 Å². The molecule has 0 bridgehead atoms. The van der Waals surface area contributed by atoms with Gasteiger partial charge in [-0.15, -0.1) is 10.2 Å². The van der Waals surface area contributed by atoms with Gasteiger partial charge in [0.1, 0.15) is 6.54 Å². The van der Waals surface area contributed by atoms with Crippen molar-refractivity contribution in [2.75, 3.05) is 0 Å². The van der Waals surface area contributed by atoms with Crippen LogP contribution in [0, 0.1) is 0 Å². The Morgan fingerprint density at radius 3 is 2.60 bits per heavy atom. The van der Waals surface area contributed by atoms with Gasteiger partial charge in [0.25, 0.3) is 5.91 Å². The number of carbonyl (C=O) groups excluding carboxylic acids is 1.